The van der Waals surface area contributed by atoms with E-state index in [4.69, 9.17) is 23.2 Å². The van der Waals surface area contributed by atoms with Gasteiger partial charge < -0.3 is 10.4 Å². The first-order valence-electron chi connectivity index (χ1n) is 8.11. The Hall–Kier alpha value is -2.49. The number of halogens is 2. The van der Waals surface area contributed by atoms with Gasteiger partial charge in [0.15, 0.2) is 5.78 Å². The number of hydrogen-bond donors (Lipinski definition) is 2. The first-order chi connectivity index (χ1) is 12.5. The number of phenols is 1. The Morgan fingerprint density at radius 2 is 1.38 bits per heavy atom. The molecule has 3 aromatic carbocycles. The number of Topliss-reactive ketones (excluding diaryl/α,β-unsaturated/α-hetero) is 1. The smallest absolute Gasteiger partial charge is 0.165 e. The second-order valence-corrected chi connectivity index (χ2v) is 6.80. The molecule has 0 aliphatic rings. The molecule has 0 radical (unpaired) electrons. The lowest BCUT2D eigenvalue weighted by Crippen LogP contribution is -2.15. The van der Waals surface area contributed by atoms with E-state index in [2.05, 4.69) is 5.32 Å². The maximum Gasteiger partial charge on any atom is 0.165 e. The molecule has 3 aromatic rings. The molecule has 0 unspecified atom stereocenters. The zero-order valence-corrected chi connectivity index (χ0v) is 15.3. The highest BCUT2D eigenvalue weighted by atomic mass is 35.5. The summed E-state index contributed by atoms with van der Waals surface area (Å²) in [4.78, 5) is 12.7. The highest BCUT2D eigenvalue weighted by Gasteiger charge is 2.17. The van der Waals surface area contributed by atoms with Crippen LogP contribution in [0.4, 0.5) is 5.69 Å². The summed E-state index contributed by atoms with van der Waals surface area (Å²) in [5.41, 5.74) is 2.38. The largest absolute Gasteiger partial charge is 0.508 e. The molecule has 0 bridgehead atoms. The summed E-state index contributed by atoms with van der Waals surface area (Å²) in [6.07, 6.45) is 0.259. The summed E-state index contributed by atoms with van der Waals surface area (Å²) in [6.45, 7) is 0. The molecule has 0 amide bonds. The highest BCUT2D eigenvalue weighted by Crippen LogP contribution is 2.27. The quantitative estimate of drug-likeness (QED) is 0.502. The normalized spacial score (nSPS) is 11.8. The van der Waals surface area contributed by atoms with Crippen molar-refractivity contribution in [1.82, 2.24) is 0 Å². The molecule has 132 valence electrons. The Morgan fingerprint density at radius 1 is 0.846 bits per heavy atom. The summed E-state index contributed by atoms with van der Waals surface area (Å²) in [7, 11) is 0. The van der Waals surface area contributed by atoms with Crippen molar-refractivity contribution in [3.63, 3.8) is 0 Å². The highest BCUT2D eigenvalue weighted by molar-refractivity contribution is 6.30. The van der Waals surface area contributed by atoms with Gasteiger partial charge in [0.25, 0.3) is 0 Å². The molecule has 2 N–H and O–H groups in total. The minimum absolute atomic E-state index is 0.0218. The number of rotatable bonds is 6. The van der Waals surface area contributed by atoms with E-state index in [9.17, 15) is 9.90 Å². The van der Waals surface area contributed by atoms with E-state index >= 15 is 0 Å². The fourth-order valence-electron chi connectivity index (χ4n) is 2.65. The molecule has 0 heterocycles. The van der Waals surface area contributed by atoms with Crippen molar-refractivity contribution in [2.75, 3.05) is 5.32 Å². The Labute approximate surface area is 162 Å². The fourth-order valence-corrected chi connectivity index (χ4v) is 2.90. The van der Waals surface area contributed by atoms with Gasteiger partial charge in [-0.3, -0.25) is 4.79 Å². The predicted molar refractivity (Wildman–Crippen MR) is 106 cm³/mol. The number of aromatic hydroxyl groups is 1. The van der Waals surface area contributed by atoms with Crippen LogP contribution < -0.4 is 5.32 Å². The standard InChI is InChI=1S/C21H17Cl2NO2/c22-16-5-1-14(2-6-16)20(24-18-9-7-17(23)8-10-18)13-21(26)15-3-11-19(25)12-4-15/h1-12,20,24-25H,13H2/t20-/m1/s1. The average molecular weight is 386 g/mol. The molecule has 0 saturated carbocycles. The van der Waals surface area contributed by atoms with Gasteiger partial charge in [-0.25, -0.2) is 0 Å². The van der Waals surface area contributed by atoms with E-state index in [1.807, 2.05) is 24.3 Å². The van der Waals surface area contributed by atoms with Crippen LogP contribution in [-0.4, -0.2) is 10.9 Å². The molecular formula is C21H17Cl2NO2. The van der Waals surface area contributed by atoms with E-state index in [1.54, 1.807) is 36.4 Å². The molecule has 3 rings (SSSR count). The lowest BCUT2D eigenvalue weighted by atomic mass is 9.97. The van der Waals surface area contributed by atoms with Gasteiger partial charge in [-0.05, 0) is 66.2 Å². The van der Waals surface area contributed by atoms with Crippen LogP contribution in [0.25, 0.3) is 0 Å². The van der Waals surface area contributed by atoms with Crippen LogP contribution in [-0.2, 0) is 0 Å². The van der Waals surface area contributed by atoms with Crippen molar-refractivity contribution < 1.29 is 9.90 Å². The number of carbonyl (C=O) groups is 1. The molecular weight excluding hydrogens is 369 g/mol. The van der Waals surface area contributed by atoms with E-state index in [1.165, 1.54) is 12.1 Å². The van der Waals surface area contributed by atoms with Gasteiger partial charge in [0.05, 0.1) is 6.04 Å². The molecule has 1 atom stereocenters. The summed E-state index contributed by atoms with van der Waals surface area (Å²) >= 11 is 11.9. The van der Waals surface area contributed by atoms with Crippen molar-refractivity contribution in [1.29, 1.82) is 0 Å². The van der Waals surface area contributed by atoms with Gasteiger partial charge in [-0.1, -0.05) is 35.3 Å². The van der Waals surface area contributed by atoms with Gasteiger partial charge in [0.2, 0.25) is 0 Å². The Morgan fingerprint density at radius 3 is 1.96 bits per heavy atom. The van der Waals surface area contributed by atoms with E-state index in [0.29, 0.717) is 15.6 Å². The predicted octanol–water partition coefficient (Wildman–Crippen LogP) is 6.13. The van der Waals surface area contributed by atoms with Crippen molar-refractivity contribution in [3.05, 3.63) is 94.0 Å². The number of phenolic OH excluding ortho intramolecular Hbond substituents is 1. The first kappa shape index (κ1) is 18.3. The molecule has 0 aromatic heterocycles. The maximum absolute atomic E-state index is 12.7. The molecule has 0 aliphatic heterocycles. The molecule has 0 saturated heterocycles. The first-order valence-corrected chi connectivity index (χ1v) is 8.86. The average Bonchev–Trinajstić information content (AvgIpc) is 2.64. The molecule has 26 heavy (non-hydrogen) atoms. The number of carbonyl (C=O) groups excluding carboxylic acids is 1. The minimum Gasteiger partial charge on any atom is -0.508 e. The molecule has 5 heteroatoms. The third-order valence-electron chi connectivity index (χ3n) is 4.04. The lowest BCUT2D eigenvalue weighted by Gasteiger charge is -2.20. The summed E-state index contributed by atoms with van der Waals surface area (Å²) in [5, 5.41) is 14.1. The lowest BCUT2D eigenvalue weighted by molar-refractivity contribution is 0.0976. The van der Waals surface area contributed by atoms with Crippen LogP contribution in [0.3, 0.4) is 0 Å². The monoisotopic (exact) mass is 385 g/mol. The Bertz CT molecular complexity index is 875. The SMILES string of the molecule is O=C(C[C@@H](Nc1ccc(Cl)cc1)c1ccc(Cl)cc1)c1ccc(O)cc1. The van der Waals surface area contributed by atoms with Crippen LogP contribution in [0.15, 0.2) is 72.8 Å². The van der Waals surface area contributed by atoms with Gasteiger partial charge in [0, 0.05) is 27.7 Å². The number of ketones is 1. The molecule has 0 spiro atoms. The Kier molecular flexibility index (Phi) is 5.82. The number of nitrogens with one attached hydrogen (secondary N) is 1. The summed E-state index contributed by atoms with van der Waals surface area (Å²) in [6, 6.07) is 20.8. The van der Waals surface area contributed by atoms with Gasteiger partial charge in [0.1, 0.15) is 5.75 Å². The number of benzene rings is 3. The second-order valence-electron chi connectivity index (χ2n) is 5.93. The van der Waals surface area contributed by atoms with Crippen molar-refractivity contribution >= 4 is 34.7 Å². The van der Waals surface area contributed by atoms with Crippen molar-refractivity contribution in [2.45, 2.75) is 12.5 Å². The van der Waals surface area contributed by atoms with Crippen LogP contribution in [0, 0.1) is 0 Å². The van der Waals surface area contributed by atoms with Gasteiger partial charge in [-0.15, -0.1) is 0 Å². The number of hydrogen-bond acceptors (Lipinski definition) is 3. The van der Waals surface area contributed by atoms with Crippen LogP contribution in [0.1, 0.15) is 28.4 Å². The third kappa shape index (κ3) is 4.78. The van der Waals surface area contributed by atoms with Crippen LogP contribution >= 0.6 is 23.2 Å². The minimum atomic E-state index is -0.227. The Balaban J connectivity index is 1.84. The topological polar surface area (TPSA) is 49.3 Å². The third-order valence-corrected chi connectivity index (χ3v) is 4.54. The van der Waals surface area contributed by atoms with Gasteiger partial charge >= 0.3 is 0 Å². The van der Waals surface area contributed by atoms with Crippen LogP contribution in [0.2, 0.25) is 10.0 Å². The second kappa shape index (κ2) is 8.26. The fraction of sp³-hybridized carbons (Fsp3) is 0.0952. The van der Waals surface area contributed by atoms with Crippen molar-refractivity contribution in [3.8, 4) is 5.75 Å². The summed E-state index contributed by atoms with van der Waals surface area (Å²) < 4.78 is 0. The summed E-state index contributed by atoms with van der Waals surface area (Å²) in [5.74, 6) is 0.113. The van der Waals surface area contributed by atoms with E-state index < -0.39 is 0 Å². The van der Waals surface area contributed by atoms with E-state index in [0.717, 1.165) is 11.3 Å². The van der Waals surface area contributed by atoms with Crippen molar-refractivity contribution in [2.24, 2.45) is 0 Å². The zero-order valence-electron chi connectivity index (χ0n) is 13.8. The number of anilines is 1. The molecule has 3 nitrogen and oxygen atoms in total. The molecule has 0 fully saturated rings. The van der Waals surface area contributed by atoms with Crippen LogP contribution in [0.5, 0.6) is 5.75 Å². The molecule has 0 aliphatic carbocycles. The van der Waals surface area contributed by atoms with Gasteiger partial charge in [-0.2, -0.15) is 0 Å². The van der Waals surface area contributed by atoms with E-state index in [-0.39, 0.29) is 24.0 Å². The zero-order chi connectivity index (χ0) is 18.5. The maximum atomic E-state index is 12.7.